The van der Waals surface area contributed by atoms with E-state index in [4.69, 9.17) is 9.84 Å². The number of fused-ring (bicyclic) bond motifs is 1. The van der Waals surface area contributed by atoms with Crippen molar-refractivity contribution in [1.29, 1.82) is 0 Å². The van der Waals surface area contributed by atoms with Gasteiger partial charge >= 0.3 is 0 Å². The Morgan fingerprint density at radius 3 is 2.65 bits per heavy atom. The molecule has 0 bridgehead atoms. The van der Waals surface area contributed by atoms with Gasteiger partial charge in [-0.2, -0.15) is 0 Å². The van der Waals surface area contributed by atoms with E-state index in [1.807, 2.05) is 13.0 Å². The van der Waals surface area contributed by atoms with Crippen molar-refractivity contribution >= 4 is 10.8 Å². The number of methoxy groups -OCH3 is 1. The highest BCUT2D eigenvalue weighted by Crippen LogP contribution is 2.33. The molecular formula is C15H19NO4. The van der Waals surface area contributed by atoms with Crippen molar-refractivity contribution in [2.24, 2.45) is 0 Å². The topological polar surface area (TPSA) is 71.7 Å². The zero-order valence-corrected chi connectivity index (χ0v) is 11.7. The Balaban J connectivity index is 2.82. The number of rotatable bonds is 5. The molecule has 20 heavy (non-hydrogen) atoms. The first-order valence-corrected chi connectivity index (χ1v) is 6.67. The summed E-state index contributed by atoms with van der Waals surface area (Å²) >= 11 is 0. The molecule has 0 radical (unpaired) electrons. The Bertz CT molecular complexity index is 676. The Kier molecular flexibility index (Phi) is 4.29. The predicted molar refractivity (Wildman–Crippen MR) is 77.5 cm³/mol. The molecule has 0 amide bonds. The number of aromatic hydroxyl groups is 1. The van der Waals surface area contributed by atoms with Crippen LogP contribution in [-0.4, -0.2) is 28.5 Å². The Hall–Kier alpha value is -2.01. The fourth-order valence-electron chi connectivity index (χ4n) is 2.46. The molecule has 0 aliphatic heterocycles. The Labute approximate surface area is 117 Å². The number of aryl methyl sites for hydroxylation is 1. The van der Waals surface area contributed by atoms with Gasteiger partial charge in [0.05, 0.1) is 19.1 Å². The fraction of sp³-hybridized carbons (Fsp3) is 0.400. The van der Waals surface area contributed by atoms with Crippen molar-refractivity contribution in [3.8, 4) is 11.5 Å². The number of benzene rings is 1. The number of ether oxygens (including phenoxy) is 1. The molecular weight excluding hydrogens is 258 g/mol. The maximum absolute atomic E-state index is 12.5. The SMILES string of the molecule is CCCc1cc2c(OC)c(O)ccc2c(=O)n1CCO. The van der Waals surface area contributed by atoms with E-state index in [1.165, 1.54) is 13.2 Å². The second-order valence-electron chi connectivity index (χ2n) is 4.65. The third kappa shape index (κ3) is 2.36. The molecule has 0 spiro atoms. The largest absolute Gasteiger partial charge is 0.504 e. The van der Waals surface area contributed by atoms with Crippen molar-refractivity contribution in [1.82, 2.24) is 4.57 Å². The number of phenolic OH excluding ortho intramolecular Hbond substituents is 1. The van der Waals surface area contributed by atoms with Gasteiger partial charge in [-0.3, -0.25) is 4.79 Å². The number of hydrogen-bond acceptors (Lipinski definition) is 4. The predicted octanol–water partition coefficient (Wildman–Crippen LogP) is 1.66. The molecule has 5 nitrogen and oxygen atoms in total. The number of nitrogens with zero attached hydrogens (tertiary/aromatic N) is 1. The first kappa shape index (κ1) is 14.4. The van der Waals surface area contributed by atoms with Gasteiger partial charge in [-0.05, 0) is 24.6 Å². The van der Waals surface area contributed by atoms with Gasteiger partial charge in [0, 0.05) is 17.6 Å². The molecule has 0 aliphatic rings. The summed E-state index contributed by atoms with van der Waals surface area (Å²) in [5, 5.41) is 20.0. The smallest absolute Gasteiger partial charge is 0.258 e. The maximum Gasteiger partial charge on any atom is 0.258 e. The van der Waals surface area contributed by atoms with Crippen molar-refractivity contribution in [3.05, 3.63) is 34.2 Å². The van der Waals surface area contributed by atoms with Gasteiger partial charge < -0.3 is 19.5 Å². The van der Waals surface area contributed by atoms with Crippen molar-refractivity contribution in [2.75, 3.05) is 13.7 Å². The highest BCUT2D eigenvalue weighted by molar-refractivity contribution is 5.90. The molecule has 1 heterocycles. The van der Waals surface area contributed by atoms with Gasteiger partial charge in [0.1, 0.15) is 0 Å². The molecule has 0 saturated heterocycles. The lowest BCUT2D eigenvalue weighted by Crippen LogP contribution is -2.25. The number of hydrogen-bond donors (Lipinski definition) is 2. The second-order valence-corrected chi connectivity index (χ2v) is 4.65. The second kappa shape index (κ2) is 5.96. The van der Waals surface area contributed by atoms with E-state index in [-0.39, 0.29) is 24.5 Å². The number of aliphatic hydroxyl groups is 1. The highest BCUT2D eigenvalue weighted by atomic mass is 16.5. The minimum atomic E-state index is -0.168. The average Bonchev–Trinajstić information content (AvgIpc) is 2.43. The standard InChI is InChI=1S/C15H19NO4/c1-3-4-10-9-12-11(15(19)16(10)7-8-17)5-6-13(18)14(12)20-2/h5-6,9,17-18H,3-4,7-8H2,1-2H3. The van der Waals surface area contributed by atoms with Crippen LogP contribution >= 0.6 is 0 Å². The molecule has 1 aromatic heterocycles. The molecule has 2 N–H and O–H groups in total. The normalized spacial score (nSPS) is 10.9. The number of aliphatic hydroxyl groups excluding tert-OH is 1. The first-order chi connectivity index (χ1) is 9.63. The van der Waals surface area contributed by atoms with Crippen molar-refractivity contribution in [3.63, 3.8) is 0 Å². The maximum atomic E-state index is 12.5. The molecule has 0 aliphatic carbocycles. The summed E-state index contributed by atoms with van der Waals surface area (Å²) in [7, 11) is 1.47. The van der Waals surface area contributed by atoms with E-state index < -0.39 is 0 Å². The van der Waals surface area contributed by atoms with E-state index in [1.54, 1.807) is 10.6 Å². The molecule has 5 heteroatoms. The lowest BCUT2D eigenvalue weighted by molar-refractivity contribution is 0.272. The first-order valence-electron chi connectivity index (χ1n) is 6.67. The lowest BCUT2D eigenvalue weighted by atomic mass is 10.1. The summed E-state index contributed by atoms with van der Waals surface area (Å²) in [6.07, 6.45) is 1.61. The average molecular weight is 277 g/mol. The zero-order chi connectivity index (χ0) is 14.7. The van der Waals surface area contributed by atoms with Crippen LogP contribution in [0.15, 0.2) is 23.0 Å². The minimum Gasteiger partial charge on any atom is -0.504 e. The molecule has 0 unspecified atom stereocenters. The summed E-state index contributed by atoms with van der Waals surface area (Å²) in [5.41, 5.74) is 0.668. The van der Waals surface area contributed by atoms with Crippen LogP contribution in [0, 0.1) is 0 Å². The molecule has 2 rings (SSSR count). The number of aromatic nitrogens is 1. The third-order valence-electron chi connectivity index (χ3n) is 3.34. The van der Waals surface area contributed by atoms with Crippen LogP contribution in [0.25, 0.3) is 10.8 Å². The molecule has 0 atom stereocenters. The van der Waals surface area contributed by atoms with E-state index in [2.05, 4.69) is 0 Å². The van der Waals surface area contributed by atoms with Crippen LogP contribution in [0.1, 0.15) is 19.0 Å². The molecule has 108 valence electrons. The summed E-state index contributed by atoms with van der Waals surface area (Å²) in [4.78, 5) is 12.5. The van der Waals surface area contributed by atoms with E-state index in [0.717, 1.165) is 18.5 Å². The van der Waals surface area contributed by atoms with Gasteiger partial charge in [-0.1, -0.05) is 13.3 Å². The Morgan fingerprint density at radius 1 is 1.30 bits per heavy atom. The molecule has 0 saturated carbocycles. The van der Waals surface area contributed by atoms with Crippen molar-refractivity contribution < 1.29 is 14.9 Å². The van der Waals surface area contributed by atoms with Crippen LogP contribution < -0.4 is 10.3 Å². The van der Waals surface area contributed by atoms with Crippen LogP contribution in [0.2, 0.25) is 0 Å². The number of phenols is 1. The molecule has 0 fully saturated rings. The van der Waals surface area contributed by atoms with Crippen LogP contribution in [0.4, 0.5) is 0 Å². The zero-order valence-electron chi connectivity index (χ0n) is 11.7. The van der Waals surface area contributed by atoms with Crippen LogP contribution in [0.5, 0.6) is 11.5 Å². The van der Waals surface area contributed by atoms with E-state index in [0.29, 0.717) is 16.5 Å². The summed E-state index contributed by atoms with van der Waals surface area (Å²) in [6.45, 7) is 2.21. The van der Waals surface area contributed by atoms with E-state index >= 15 is 0 Å². The molecule has 2 aromatic rings. The van der Waals surface area contributed by atoms with Crippen LogP contribution in [-0.2, 0) is 13.0 Å². The van der Waals surface area contributed by atoms with Gasteiger partial charge in [0.15, 0.2) is 11.5 Å². The fourth-order valence-corrected chi connectivity index (χ4v) is 2.46. The third-order valence-corrected chi connectivity index (χ3v) is 3.34. The Morgan fingerprint density at radius 2 is 2.05 bits per heavy atom. The minimum absolute atomic E-state index is 0.0155. The monoisotopic (exact) mass is 277 g/mol. The summed E-state index contributed by atoms with van der Waals surface area (Å²) in [5.74, 6) is 0.329. The number of pyridine rings is 1. The van der Waals surface area contributed by atoms with Crippen LogP contribution in [0.3, 0.4) is 0 Å². The summed E-state index contributed by atoms with van der Waals surface area (Å²) < 4.78 is 6.78. The van der Waals surface area contributed by atoms with Gasteiger partial charge in [0.25, 0.3) is 5.56 Å². The van der Waals surface area contributed by atoms with Gasteiger partial charge in [-0.25, -0.2) is 0 Å². The van der Waals surface area contributed by atoms with Gasteiger partial charge in [0.2, 0.25) is 0 Å². The highest BCUT2D eigenvalue weighted by Gasteiger charge is 2.14. The van der Waals surface area contributed by atoms with Gasteiger partial charge in [-0.15, -0.1) is 0 Å². The summed E-state index contributed by atoms with van der Waals surface area (Å²) in [6, 6.07) is 4.89. The lowest BCUT2D eigenvalue weighted by Gasteiger charge is -2.15. The quantitative estimate of drug-likeness (QED) is 0.872. The molecule has 1 aromatic carbocycles. The van der Waals surface area contributed by atoms with E-state index in [9.17, 15) is 9.90 Å². The van der Waals surface area contributed by atoms with Crippen molar-refractivity contribution in [2.45, 2.75) is 26.3 Å².